The van der Waals surface area contributed by atoms with Gasteiger partial charge in [-0.2, -0.15) is 0 Å². The van der Waals surface area contributed by atoms with E-state index in [2.05, 4.69) is 4.98 Å². The molecule has 0 radical (unpaired) electrons. The molecule has 0 spiro atoms. The van der Waals surface area contributed by atoms with E-state index in [0.717, 1.165) is 0 Å². The number of nitrogens with zero attached hydrogens (tertiary/aromatic N) is 1. The second-order valence-corrected chi connectivity index (χ2v) is 6.78. The number of ether oxygens (including phenoxy) is 2. The second-order valence-electron chi connectivity index (χ2n) is 6.78. The number of carboxylic acids is 1. The number of phenolic OH excluding ortho intramolecular Hbond substituents is 1. The number of carboxylic acid groups (broad SMARTS) is 1. The predicted octanol–water partition coefficient (Wildman–Crippen LogP) is 1.54. The fourth-order valence-electron chi connectivity index (χ4n) is 3.85. The lowest BCUT2D eigenvalue weighted by molar-refractivity contribution is -0.169. The van der Waals surface area contributed by atoms with Crippen molar-refractivity contribution in [1.82, 2.24) is 4.98 Å². The lowest BCUT2D eigenvalue weighted by atomic mass is 9.75. The van der Waals surface area contributed by atoms with Crippen molar-refractivity contribution in [2.24, 2.45) is 0 Å². The fourth-order valence-corrected chi connectivity index (χ4v) is 3.85. The summed E-state index contributed by atoms with van der Waals surface area (Å²) in [5, 5.41) is 30.5. The summed E-state index contributed by atoms with van der Waals surface area (Å²) in [5.74, 6) is -1.85. The summed E-state index contributed by atoms with van der Waals surface area (Å²) in [4.78, 5) is 28.4. The third-order valence-electron chi connectivity index (χ3n) is 5.00. The minimum absolute atomic E-state index is 0.0989. The van der Waals surface area contributed by atoms with Crippen molar-refractivity contribution in [3.8, 4) is 22.8 Å². The predicted molar refractivity (Wildman–Crippen MR) is 96.8 cm³/mol. The highest BCUT2D eigenvalue weighted by Gasteiger charge is 2.57. The van der Waals surface area contributed by atoms with Gasteiger partial charge in [0.1, 0.15) is 17.6 Å². The van der Waals surface area contributed by atoms with Gasteiger partial charge in [-0.1, -0.05) is 12.2 Å². The van der Waals surface area contributed by atoms with Gasteiger partial charge in [0.05, 0.1) is 24.8 Å². The molecule has 8 heteroatoms. The van der Waals surface area contributed by atoms with Gasteiger partial charge in [-0.25, -0.2) is 4.79 Å². The zero-order valence-corrected chi connectivity index (χ0v) is 15.1. The first-order valence-corrected chi connectivity index (χ1v) is 8.51. The van der Waals surface area contributed by atoms with Crippen molar-refractivity contribution in [2.75, 3.05) is 7.11 Å². The Balaban J connectivity index is 2.12. The molecule has 2 unspecified atom stereocenters. The van der Waals surface area contributed by atoms with Crippen LogP contribution < -0.4 is 4.74 Å². The monoisotopic (exact) mass is 383 g/mol. The van der Waals surface area contributed by atoms with Crippen molar-refractivity contribution in [3.63, 3.8) is 0 Å². The molecule has 0 saturated carbocycles. The maximum absolute atomic E-state index is 12.8. The number of carbonyl (C=O) groups is 2. The summed E-state index contributed by atoms with van der Waals surface area (Å²) in [6.45, 7) is 1.75. The van der Waals surface area contributed by atoms with E-state index in [0.29, 0.717) is 16.7 Å². The number of hydrogen-bond donors (Lipinski definition) is 3. The Kier molecular flexibility index (Phi) is 3.90. The molecule has 1 aromatic carbocycles. The molecular weight excluding hydrogens is 366 g/mol. The van der Waals surface area contributed by atoms with E-state index >= 15 is 0 Å². The van der Waals surface area contributed by atoms with Crippen molar-refractivity contribution in [2.45, 2.75) is 25.0 Å². The minimum Gasteiger partial charge on any atom is -0.507 e. The summed E-state index contributed by atoms with van der Waals surface area (Å²) < 4.78 is 10.9. The number of carbonyl (C=O) groups excluding carboxylic acids is 1. The van der Waals surface area contributed by atoms with Crippen LogP contribution in [0.2, 0.25) is 0 Å². The first kappa shape index (κ1) is 18.0. The van der Waals surface area contributed by atoms with Crippen LogP contribution in [0, 0.1) is 6.92 Å². The molecule has 1 aliphatic carbocycles. The number of pyridine rings is 1. The number of aliphatic hydroxyl groups is 1. The molecule has 144 valence electrons. The van der Waals surface area contributed by atoms with Crippen LogP contribution in [0.4, 0.5) is 0 Å². The second kappa shape index (κ2) is 6.07. The Morgan fingerprint density at radius 2 is 2.11 bits per heavy atom. The highest BCUT2D eigenvalue weighted by Crippen LogP contribution is 2.53. The van der Waals surface area contributed by atoms with Gasteiger partial charge in [0.25, 0.3) is 5.60 Å². The van der Waals surface area contributed by atoms with E-state index in [9.17, 15) is 24.9 Å². The number of aromatic hydroxyl groups is 1. The number of aliphatic carboxylic acids is 1. The number of aliphatic hydroxyl groups excluding tert-OH is 1. The van der Waals surface area contributed by atoms with Crippen LogP contribution in [-0.2, 0) is 26.3 Å². The topological polar surface area (TPSA) is 126 Å². The SMILES string of the molecule is COC(=O)C12Oc3cc(C)cc(O)c3-c3ncc(CC(=O)O)c(c31)C=CC2O. The fraction of sp³-hybridized carbons (Fsp3) is 0.250. The third kappa shape index (κ3) is 2.31. The number of benzene rings is 1. The number of aryl methyl sites for hydroxylation is 1. The molecule has 2 atom stereocenters. The summed E-state index contributed by atoms with van der Waals surface area (Å²) in [5.41, 5.74) is 0.156. The Morgan fingerprint density at radius 1 is 1.36 bits per heavy atom. The highest BCUT2D eigenvalue weighted by atomic mass is 16.6. The molecule has 0 amide bonds. The number of rotatable bonds is 3. The molecule has 4 rings (SSSR count). The lowest BCUT2D eigenvalue weighted by Gasteiger charge is -2.42. The molecule has 1 aromatic heterocycles. The van der Waals surface area contributed by atoms with E-state index in [1.807, 2.05) is 0 Å². The largest absolute Gasteiger partial charge is 0.507 e. The minimum atomic E-state index is -1.96. The number of aromatic nitrogens is 1. The maximum atomic E-state index is 12.8. The summed E-state index contributed by atoms with van der Waals surface area (Å²) in [6, 6.07) is 3.15. The molecular formula is C20H17NO7. The number of fused-ring (bicyclic) bond motifs is 2. The van der Waals surface area contributed by atoms with Gasteiger partial charge in [0, 0.05) is 11.8 Å². The molecule has 8 nitrogen and oxygen atoms in total. The Morgan fingerprint density at radius 3 is 2.79 bits per heavy atom. The van der Waals surface area contributed by atoms with Gasteiger partial charge >= 0.3 is 11.9 Å². The zero-order chi connectivity index (χ0) is 20.2. The van der Waals surface area contributed by atoms with Gasteiger partial charge in [0.2, 0.25) is 0 Å². The molecule has 2 heterocycles. The van der Waals surface area contributed by atoms with Crippen molar-refractivity contribution < 1.29 is 34.4 Å². The van der Waals surface area contributed by atoms with E-state index in [-0.39, 0.29) is 34.7 Å². The van der Waals surface area contributed by atoms with Crippen LogP contribution in [0.1, 0.15) is 22.3 Å². The number of esters is 1. The van der Waals surface area contributed by atoms with Crippen LogP contribution >= 0.6 is 0 Å². The van der Waals surface area contributed by atoms with Crippen LogP contribution in [0.25, 0.3) is 17.3 Å². The van der Waals surface area contributed by atoms with Crippen LogP contribution in [0.15, 0.2) is 24.4 Å². The van der Waals surface area contributed by atoms with E-state index in [1.54, 1.807) is 13.0 Å². The van der Waals surface area contributed by atoms with Gasteiger partial charge in [-0.05, 0) is 35.7 Å². The first-order valence-electron chi connectivity index (χ1n) is 8.51. The molecule has 2 aromatic rings. The summed E-state index contributed by atoms with van der Waals surface area (Å²) in [7, 11) is 1.17. The van der Waals surface area contributed by atoms with Crippen LogP contribution in [-0.4, -0.2) is 45.5 Å². The molecule has 0 bridgehead atoms. The number of phenols is 1. The average Bonchev–Trinajstić information content (AvgIpc) is 2.63. The van der Waals surface area contributed by atoms with Crippen molar-refractivity contribution in [1.29, 1.82) is 0 Å². The lowest BCUT2D eigenvalue weighted by Crippen LogP contribution is -2.54. The van der Waals surface area contributed by atoms with E-state index in [4.69, 9.17) is 9.47 Å². The molecule has 3 N–H and O–H groups in total. The molecule has 2 aliphatic rings. The maximum Gasteiger partial charge on any atom is 0.358 e. The summed E-state index contributed by atoms with van der Waals surface area (Å²) >= 11 is 0. The van der Waals surface area contributed by atoms with Crippen molar-refractivity contribution in [3.05, 3.63) is 46.7 Å². The highest BCUT2D eigenvalue weighted by molar-refractivity contribution is 5.95. The number of hydrogen-bond acceptors (Lipinski definition) is 7. The standard InChI is InChI=1S/C20H17NO7/c1-9-5-12(22)16-13(6-9)28-20(19(26)27-2)14(23)4-3-11-10(7-15(24)25)8-21-18(16)17(11)20/h3-6,8,14,22-23H,7H2,1-2H3,(H,24,25). The van der Waals surface area contributed by atoms with Crippen LogP contribution in [0.3, 0.4) is 0 Å². The third-order valence-corrected chi connectivity index (χ3v) is 5.00. The van der Waals surface area contributed by atoms with Gasteiger partial charge in [0.15, 0.2) is 0 Å². The normalized spacial score (nSPS) is 21.3. The smallest absolute Gasteiger partial charge is 0.358 e. The molecule has 0 saturated heterocycles. The van der Waals surface area contributed by atoms with E-state index < -0.39 is 23.6 Å². The van der Waals surface area contributed by atoms with Gasteiger partial charge in [-0.15, -0.1) is 0 Å². The van der Waals surface area contributed by atoms with Crippen molar-refractivity contribution >= 4 is 18.0 Å². The Bertz CT molecular complexity index is 1060. The van der Waals surface area contributed by atoms with Crippen LogP contribution in [0.5, 0.6) is 11.5 Å². The molecule has 28 heavy (non-hydrogen) atoms. The Labute approximate surface area is 159 Å². The summed E-state index contributed by atoms with van der Waals surface area (Å²) in [6.07, 6.45) is 2.55. The number of methoxy groups -OCH3 is 1. The first-order chi connectivity index (χ1) is 13.3. The van der Waals surface area contributed by atoms with Gasteiger partial charge < -0.3 is 24.8 Å². The molecule has 1 aliphatic heterocycles. The van der Waals surface area contributed by atoms with E-state index in [1.165, 1.54) is 31.5 Å². The average molecular weight is 383 g/mol. The molecule has 0 fully saturated rings. The van der Waals surface area contributed by atoms with Gasteiger partial charge in [-0.3, -0.25) is 9.78 Å². The zero-order valence-electron chi connectivity index (χ0n) is 15.1. The Hall–Kier alpha value is -3.39. The quantitative estimate of drug-likeness (QED) is 0.682.